The van der Waals surface area contributed by atoms with Crippen LogP contribution in [0.2, 0.25) is 0 Å². The first-order valence-corrected chi connectivity index (χ1v) is 7.31. The molecule has 0 unspecified atom stereocenters. The maximum absolute atomic E-state index is 12.2. The molecule has 0 aliphatic heterocycles. The van der Waals surface area contributed by atoms with E-state index >= 15 is 0 Å². The molecule has 114 valence electrons. The summed E-state index contributed by atoms with van der Waals surface area (Å²) in [6.07, 6.45) is 0.899. The summed E-state index contributed by atoms with van der Waals surface area (Å²) in [5, 5.41) is 6.77. The fourth-order valence-corrected chi connectivity index (χ4v) is 2.49. The Bertz CT molecular complexity index is 424. The number of nitrogens with two attached hydrogens (primary N) is 1. The van der Waals surface area contributed by atoms with Crippen LogP contribution in [-0.2, 0) is 4.74 Å². The van der Waals surface area contributed by atoms with E-state index in [-0.39, 0.29) is 11.7 Å². The van der Waals surface area contributed by atoms with E-state index in [2.05, 4.69) is 15.6 Å². The SMILES string of the molecule is CNCCCN(C)C(=O)c1sc(NCCOC)nc1N. The van der Waals surface area contributed by atoms with Crippen molar-refractivity contribution in [1.82, 2.24) is 15.2 Å². The van der Waals surface area contributed by atoms with Gasteiger partial charge in [0.05, 0.1) is 6.61 Å². The molecule has 0 bridgehead atoms. The van der Waals surface area contributed by atoms with Crippen LogP contribution in [0.5, 0.6) is 0 Å². The first kappa shape index (κ1) is 16.7. The third-order valence-corrected chi connectivity index (χ3v) is 3.71. The molecule has 8 heteroatoms. The normalized spacial score (nSPS) is 10.6. The highest BCUT2D eigenvalue weighted by Crippen LogP contribution is 2.25. The highest BCUT2D eigenvalue weighted by atomic mass is 32.1. The highest BCUT2D eigenvalue weighted by Gasteiger charge is 2.19. The minimum Gasteiger partial charge on any atom is -0.383 e. The lowest BCUT2D eigenvalue weighted by molar-refractivity contribution is 0.0799. The van der Waals surface area contributed by atoms with Crippen LogP contribution in [0, 0.1) is 0 Å². The van der Waals surface area contributed by atoms with Crippen LogP contribution in [0.4, 0.5) is 10.9 Å². The molecule has 0 saturated carbocycles. The van der Waals surface area contributed by atoms with Gasteiger partial charge in [0.2, 0.25) is 0 Å². The molecule has 1 aromatic heterocycles. The third-order valence-electron chi connectivity index (χ3n) is 2.70. The number of amides is 1. The molecule has 1 amide bonds. The molecular weight excluding hydrogens is 278 g/mol. The highest BCUT2D eigenvalue weighted by molar-refractivity contribution is 7.18. The summed E-state index contributed by atoms with van der Waals surface area (Å²) in [6, 6.07) is 0. The number of carbonyl (C=O) groups is 1. The van der Waals surface area contributed by atoms with Crippen LogP contribution < -0.4 is 16.4 Å². The summed E-state index contributed by atoms with van der Waals surface area (Å²) in [4.78, 5) is 18.5. The molecule has 0 radical (unpaired) electrons. The number of anilines is 2. The van der Waals surface area contributed by atoms with E-state index < -0.39 is 0 Å². The second kappa shape index (κ2) is 8.72. The maximum atomic E-state index is 12.2. The molecule has 1 rings (SSSR count). The minimum absolute atomic E-state index is 0.0871. The lowest BCUT2D eigenvalue weighted by Gasteiger charge is -2.15. The van der Waals surface area contributed by atoms with E-state index in [1.54, 1.807) is 19.1 Å². The first-order valence-electron chi connectivity index (χ1n) is 6.49. The molecule has 0 spiro atoms. The van der Waals surface area contributed by atoms with Gasteiger partial charge in [-0.15, -0.1) is 0 Å². The number of rotatable bonds is 9. The van der Waals surface area contributed by atoms with Crippen molar-refractivity contribution in [3.8, 4) is 0 Å². The summed E-state index contributed by atoms with van der Waals surface area (Å²) in [5.74, 6) is 0.191. The smallest absolute Gasteiger partial charge is 0.267 e. The molecular formula is C12H23N5O2S. The van der Waals surface area contributed by atoms with Gasteiger partial charge >= 0.3 is 0 Å². The van der Waals surface area contributed by atoms with E-state index in [9.17, 15) is 4.79 Å². The number of nitrogen functional groups attached to an aromatic ring is 1. The van der Waals surface area contributed by atoms with Gasteiger partial charge in [0.25, 0.3) is 5.91 Å². The summed E-state index contributed by atoms with van der Waals surface area (Å²) in [7, 11) is 5.29. The van der Waals surface area contributed by atoms with Gasteiger partial charge in [0, 0.05) is 27.2 Å². The molecule has 0 aliphatic rings. The monoisotopic (exact) mass is 301 g/mol. The number of carbonyl (C=O) groups excluding carboxylic acids is 1. The molecule has 0 aliphatic carbocycles. The number of thiazole rings is 1. The largest absolute Gasteiger partial charge is 0.383 e. The molecule has 20 heavy (non-hydrogen) atoms. The standard InChI is InChI=1S/C12H23N5O2S/c1-14-5-4-7-17(2)11(18)9-10(13)16-12(20-9)15-6-8-19-3/h14H,4-8,13H2,1-3H3,(H,15,16). The van der Waals surface area contributed by atoms with E-state index in [0.717, 1.165) is 13.0 Å². The van der Waals surface area contributed by atoms with Gasteiger partial charge in [-0.25, -0.2) is 4.98 Å². The Kier molecular flexibility index (Phi) is 7.27. The zero-order chi connectivity index (χ0) is 15.0. The lowest BCUT2D eigenvalue weighted by atomic mass is 10.3. The van der Waals surface area contributed by atoms with Crippen LogP contribution in [0.3, 0.4) is 0 Å². The van der Waals surface area contributed by atoms with Gasteiger partial charge in [0.1, 0.15) is 10.7 Å². The summed E-state index contributed by atoms with van der Waals surface area (Å²) < 4.78 is 4.94. The van der Waals surface area contributed by atoms with E-state index in [1.807, 2.05) is 7.05 Å². The van der Waals surface area contributed by atoms with Gasteiger partial charge in [-0.3, -0.25) is 4.79 Å². The van der Waals surface area contributed by atoms with Crippen molar-refractivity contribution >= 4 is 28.2 Å². The molecule has 0 saturated heterocycles. The summed E-state index contributed by atoms with van der Waals surface area (Å²) in [6.45, 7) is 2.77. The van der Waals surface area contributed by atoms with Crippen molar-refractivity contribution in [2.24, 2.45) is 0 Å². The molecule has 1 heterocycles. The van der Waals surface area contributed by atoms with Crippen LogP contribution in [-0.4, -0.2) is 63.2 Å². The third kappa shape index (κ3) is 4.95. The molecule has 0 fully saturated rings. The molecule has 0 atom stereocenters. The fourth-order valence-electron chi connectivity index (χ4n) is 1.59. The predicted molar refractivity (Wildman–Crippen MR) is 82.4 cm³/mol. The zero-order valence-corrected chi connectivity index (χ0v) is 13.0. The Morgan fingerprint density at radius 3 is 2.90 bits per heavy atom. The van der Waals surface area contributed by atoms with Crippen LogP contribution in [0.1, 0.15) is 16.1 Å². The minimum atomic E-state index is -0.0871. The average molecular weight is 301 g/mol. The Labute approximate surface area is 123 Å². The van der Waals surface area contributed by atoms with Crippen molar-refractivity contribution < 1.29 is 9.53 Å². The first-order chi connectivity index (χ1) is 9.60. The number of nitrogens with one attached hydrogen (secondary N) is 2. The summed E-state index contributed by atoms with van der Waals surface area (Å²) in [5.41, 5.74) is 5.81. The van der Waals surface area contributed by atoms with Gasteiger partial charge in [-0.1, -0.05) is 11.3 Å². The second-order valence-electron chi connectivity index (χ2n) is 4.34. The molecule has 1 aromatic rings. The van der Waals surface area contributed by atoms with E-state index in [4.69, 9.17) is 10.5 Å². The Hall–Kier alpha value is -1.38. The van der Waals surface area contributed by atoms with Crippen molar-refractivity contribution in [2.45, 2.75) is 6.42 Å². The van der Waals surface area contributed by atoms with E-state index in [1.165, 1.54) is 11.3 Å². The molecule has 7 nitrogen and oxygen atoms in total. The van der Waals surface area contributed by atoms with Crippen LogP contribution in [0.15, 0.2) is 0 Å². The van der Waals surface area contributed by atoms with Gasteiger partial charge < -0.3 is 26.0 Å². The second-order valence-corrected chi connectivity index (χ2v) is 5.34. The van der Waals surface area contributed by atoms with E-state index in [0.29, 0.717) is 29.7 Å². The molecule has 4 N–H and O–H groups in total. The number of hydrogen-bond acceptors (Lipinski definition) is 7. The van der Waals surface area contributed by atoms with Crippen molar-refractivity contribution in [1.29, 1.82) is 0 Å². The predicted octanol–water partition coefficient (Wildman–Crippen LogP) is 0.465. The Morgan fingerprint density at radius 2 is 2.25 bits per heavy atom. The quantitative estimate of drug-likeness (QED) is 0.574. The number of nitrogens with zero attached hydrogens (tertiary/aromatic N) is 2. The van der Waals surface area contributed by atoms with Gasteiger partial charge in [-0.05, 0) is 20.0 Å². The number of ether oxygens (including phenoxy) is 1. The van der Waals surface area contributed by atoms with Crippen molar-refractivity contribution in [3.63, 3.8) is 0 Å². The van der Waals surface area contributed by atoms with Crippen molar-refractivity contribution in [2.75, 3.05) is 58.5 Å². The number of aromatic nitrogens is 1. The molecule has 0 aromatic carbocycles. The van der Waals surface area contributed by atoms with Crippen molar-refractivity contribution in [3.05, 3.63) is 4.88 Å². The topological polar surface area (TPSA) is 92.5 Å². The van der Waals surface area contributed by atoms with Crippen LogP contribution >= 0.6 is 11.3 Å². The van der Waals surface area contributed by atoms with Gasteiger partial charge in [-0.2, -0.15) is 0 Å². The summed E-state index contributed by atoms with van der Waals surface area (Å²) >= 11 is 1.28. The van der Waals surface area contributed by atoms with Crippen LogP contribution in [0.25, 0.3) is 0 Å². The Balaban J connectivity index is 2.58. The number of methoxy groups -OCH3 is 1. The zero-order valence-electron chi connectivity index (χ0n) is 12.2. The maximum Gasteiger partial charge on any atom is 0.267 e. The average Bonchev–Trinajstić information content (AvgIpc) is 2.79. The fraction of sp³-hybridized carbons (Fsp3) is 0.667. The van der Waals surface area contributed by atoms with Gasteiger partial charge in [0.15, 0.2) is 5.13 Å². The Morgan fingerprint density at radius 1 is 1.50 bits per heavy atom. The number of hydrogen-bond donors (Lipinski definition) is 3. The lowest BCUT2D eigenvalue weighted by Crippen LogP contribution is -2.29.